The molecule has 96 valence electrons. The SMILES string of the molecule is CCn1nccc1C(O)(CC)Cc1ccccc1. The van der Waals surface area contributed by atoms with Gasteiger partial charge in [-0.1, -0.05) is 37.3 Å². The highest BCUT2D eigenvalue weighted by molar-refractivity contribution is 5.21. The summed E-state index contributed by atoms with van der Waals surface area (Å²) in [6.07, 6.45) is 3.05. The van der Waals surface area contributed by atoms with Crippen LogP contribution >= 0.6 is 0 Å². The summed E-state index contributed by atoms with van der Waals surface area (Å²) in [7, 11) is 0. The largest absolute Gasteiger partial charge is 0.383 e. The van der Waals surface area contributed by atoms with Crippen LogP contribution < -0.4 is 0 Å². The molecule has 3 heteroatoms. The Bertz CT molecular complexity index is 492. The van der Waals surface area contributed by atoms with Crippen LogP contribution in [0.15, 0.2) is 42.6 Å². The zero-order valence-corrected chi connectivity index (χ0v) is 11.0. The van der Waals surface area contributed by atoms with E-state index in [1.54, 1.807) is 6.20 Å². The number of hydrogen-bond acceptors (Lipinski definition) is 2. The van der Waals surface area contributed by atoms with E-state index in [2.05, 4.69) is 5.10 Å². The molecule has 0 spiro atoms. The highest BCUT2D eigenvalue weighted by Crippen LogP contribution is 2.29. The molecule has 0 fully saturated rings. The molecule has 0 bridgehead atoms. The highest BCUT2D eigenvalue weighted by Gasteiger charge is 2.30. The van der Waals surface area contributed by atoms with E-state index in [-0.39, 0.29) is 0 Å². The first kappa shape index (κ1) is 12.8. The molecule has 1 aromatic heterocycles. The Morgan fingerprint density at radius 1 is 1.17 bits per heavy atom. The van der Waals surface area contributed by atoms with Crippen molar-refractivity contribution >= 4 is 0 Å². The number of benzene rings is 1. The first-order valence-electron chi connectivity index (χ1n) is 6.48. The average molecular weight is 244 g/mol. The van der Waals surface area contributed by atoms with Gasteiger partial charge >= 0.3 is 0 Å². The predicted molar refractivity (Wildman–Crippen MR) is 72.2 cm³/mol. The fourth-order valence-electron chi connectivity index (χ4n) is 2.31. The van der Waals surface area contributed by atoms with Gasteiger partial charge in [0, 0.05) is 19.2 Å². The zero-order chi connectivity index (χ0) is 13.0. The zero-order valence-electron chi connectivity index (χ0n) is 11.0. The summed E-state index contributed by atoms with van der Waals surface area (Å²) in [6.45, 7) is 4.82. The van der Waals surface area contributed by atoms with Gasteiger partial charge in [-0.25, -0.2) is 0 Å². The molecule has 2 aromatic rings. The predicted octanol–water partition coefficient (Wildman–Crippen LogP) is 2.74. The van der Waals surface area contributed by atoms with Crippen molar-refractivity contribution in [3.63, 3.8) is 0 Å². The topological polar surface area (TPSA) is 38.0 Å². The molecule has 2 rings (SSSR count). The van der Waals surface area contributed by atoms with E-state index in [4.69, 9.17) is 0 Å². The number of aromatic nitrogens is 2. The third-order valence-electron chi connectivity index (χ3n) is 3.42. The van der Waals surface area contributed by atoms with E-state index >= 15 is 0 Å². The molecule has 3 nitrogen and oxygen atoms in total. The second-order valence-electron chi connectivity index (χ2n) is 4.58. The van der Waals surface area contributed by atoms with Crippen molar-refractivity contribution in [1.82, 2.24) is 9.78 Å². The summed E-state index contributed by atoms with van der Waals surface area (Å²) in [5.74, 6) is 0. The van der Waals surface area contributed by atoms with Crippen LogP contribution in [0.1, 0.15) is 31.5 Å². The van der Waals surface area contributed by atoms with Crippen molar-refractivity contribution in [2.45, 2.75) is 38.8 Å². The minimum absolute atomic E-state index is 0.621. The number of hydrogen-bond donors (Lipinski definition) is 1. The van der Waals surface area contributed by atoms with Crippen LogP contribution in [0.4, 0.5) is 0 Å². The van der Waals surface area contributed by atoms with Gasteiger partial charge in [0.15, 0.2) is 0 Å². The summed E-state index contributed by atoms with van der Waals surface area (Å²) in [4.78, 5) is 0. The van der Waals surface area contributed by atoms with Gasteiger partial charge in [0.1, 0.15) is 5.60 Å². The molecule has 18 heavy (non-hydrogen) atoms. The lowest BCUT2D eigenvalue weighted by Gasteiger charge is -2.27. The molecule has 0 amide bonds. The Morgan fingerprint density at radius 2 is 1.89 bits per heavy atom. The van der Waals surface area contributed by atoms with Crippen LogP contribution in [-0.4, -0.2) is 14.9 Å². The smallest absolute Gasteiger partial charge is 0.110 e. The van der Waals surface area contributed by atoms with Crippen LogP contribution in [0.2, 0.25) is 0 Å². The third kappa shape index (κ3) is 2.46. The Hall–Kier alpha value is -1.61. The maximum Gasteiger partial charge on any atom is 0.110 e. The van der Waals surface area contributed by atoms with E-state index in [1.165, 1.54) is 0 Å². The summed E-state index contributed by atoms with van der Waals surface area (Å²) < 4.78 is 1.87. The molecular formula is C15H20N2O. The lowest BCUT2D eigenvalue weighted by Crippen LogP contribution is -2.31. The highest BCUT2D eigenvalue weighted by atomic mass is 16.3. The van der Waals surface area contributed by atoms with E-state index < -0.39 is 5.60 Å². The monoisotopic (exact) mass is 244 g/mol. The van der Waals surface area contributed by atoms with E-state index in [1.807, 2.05) is 54.9 Å². The average Bonchev–Trinajstić information content (AvgIpc) is 2.88. The van der Waals surface area contributed by atoms with Crippen LogP contribution in [0.3, 0.4) is 0 Å². The van der Waals surface area contributed by atoms with Crippen molar-refractivity contribution in [3.05, 3.63) is 53.9 Å². The standard InChI is InChI=1S/C15H20N2O/c1-3-15(18,12-13-8-6-5-7-9-13)14-10-11-16-17(14)4-2/h5-11,18H,3-4,12H2,1-2H3. The molecule has 1 aromatic carbocycles. The fourth-order valence-corrected chi connectivity index (χ4v) is 2.31. The van der Waals surface area contributed by atoms with Crippen LogP contribution in [-0.2, 0) is 18.6 Å². The molecule has 1 N–H and O–H groups in total. The Kier molecular flexibility index (Phi) is 3.82. The van der Waals surface area contributed by atoms with E-state index in [0.717, 1.165) is 17.8 Å². The van der Waals surface area contributed by atoms with Gasteiger partial charge in [0.2, 0.25) is 0 Å². The van der Waals surface area contributed by atoms with Crippen molar-refractivity contribution in [2.24, 2.45) is 0 Å². The second kappa shape index (κ2) is 5.36. The molecule has 0 aliphatic rings. The van der Waals surface area contributed by atoms with Crippen LogP contribution in [0.5, 0.6) is 0 Å². The van der Waals surface area contributed by atoms with Crippen LogP contribution in [0, 0.1) is 0 Å². The normalized spacial score (nSPS) is 14.4. The van der Waals surface area contributed by atoms with Crippen molar-refractivity contribution in [1.29, 1.82) is 0 Å². The van der Waals surface area contributed by atoms with Crippen LogP contribution in [0.25, 0.3) is 0 Å². The van der Waals surface area contributed by atoms with Gasteiger partial charge in [-0.05, 0) is 25.0 Å². The van der Waals surface area contributed by atoms with Gasteiger partial charge in [-0.3, -0.25) is 4.68 Å². The summed E-state index contributed by atoms with van der Waals surface area (Å²) >= 11 is 0. The second-order valence-corrected chi connectivity index (χ2v) is 4.58. The van der Waals surface area contributed by atoms with E-state index in [9.17, 15) is 5.11 Å². The molecule has 0 aliphatic heterocycles. The van der Waals surface area contributed by atoms with Gasteiger partial charge in [0.05, 0.1) is 5.69 Å². The quantitative estimate of drug-likeness (QED) is 0.878. The first-order chi connectivity index (χ1) is 8.69. The molecule has 0 aliphatic carbocycles. The summed E-state index contributed by atoms with van der Waals surface area (Å²) in [6, 6.07) is 12.0. The van der Waals surface area contributed by atoms with Crippen molar-refractivity contribution in [2.75, 3.05) is 0 Å². The lowest BCUT2D eigenvalue weighted by molar-refractivity contribution is 0.0237. The van der Waals surface area contributed by atoms with Gasteiger partial charge in [0.25, 0.3) is 0 Å². The maximum absolute atomic E-state index is 10.9. The fraction of sp³-hybridized carbons (Fsp3) is 0.400. The third-order valence-corrected chi connectivity index (χ3v) is 3.42. The molecule has 0 radical (unpaired) electrons. The van der Waals surface area contributed by atoms with Gasteiger partial charge < -0.3 is 5.11 Å². The molecule has 0 saturated carbocycles. The van der Waals surface area contributed by atoms with Gasteiger partial charge in [-0.15, -0.1) is 0 Å². The number of rotatable bonds is 5. The molecule has 1 atom stereocenters. The maximum atomic E-state index is 10.9. The number of aliphatic hydroxyl groups is 1. The minimum atomic E-state index is -0.839. The Balaban J connectivity index is 2.31. The minimum Gasteiger partial charge on any atom is -0.383 e. The summed E-state index contributed by atoms with van der Waals surface area (Å²) in [5.41, 5.74) is 1.20. The Morgan fingerprint density at radius 3 is 2.50 bits per heavy atom. The number of nitrogens with zero attached hydrogens (tertiary/aromatic N) is 2. The molecule has 1 heterocycles. The van der Waals surface area contributed by atoms with E-state index in [0.29, 0.717) is 12.8 Å². The molecular weight excluding hydrogens is 224 g/mol. The lowest BCUT2D eigenvalue weighted by atomic mass is 9.88. The summed E-state index contributed by atoms with van der Waals surface area (Å²) in [5, 5.41) is 15.1. The Labute approximate surface area is 108 Å². The first-order valence-corrected chi connectivity index (χ1v) is 6.48. The van der Waals surface area contributed by atoms with Gasteiger partial charge in [-0.2, -0.15) is 5.10 Å². The number of aryl methyl sites for hydroxylation is 1. The van der Waals surface area contributed by atoms with Crippen molar-refractivity contribution in [3.8, 4) is 0 Å². The molecule has 0 saturated heterocycles. The molecule has 1 unspecified atom stereocenters. The van der Waals surface area contributed by atoms with Crippen molar-refractivity contribution < 1.29 is 5.11 Å².